The normalized spacial score (nSPS) is 19.7. The van der Waals surface area contributed by atoms with Crippen molar-refractivity contribution in [3.8, 4) is 17.6 Å². The zero-order valence-corrected chi connectivity index (χ0v) is 12.1. The van der Waals surface area contributed by atoms with E-state index in [1.54, 1.807) is 12.1 Å². The Labute approximate surface area is 133 Å². The van der Waals surface area contributed by atoms with Gasteiger partial charge in [0.15, 0.2) is 12.3 Å². The van der Waals surface area contributed by atoms with Crippen LogP contribution in [0.2, 0.25) is 0 Å². The Morgan fingerprint density at radius 2 is 1.61 bits per heavy atom. The zero-order valence-electron chi connectivity index (χ0n) is 12.1. The van der Waals surface area contributed by atoms with Gasteiger partial charge in [0.2, 0.25) is 0 Å². The summed E-state index contributed by atoms with van der Waals surface area (Å²) in [6.07, 6.45) is -0.700. The van der Waals surface area contributed by atoms with Gasteiger partial charge in [-0.1, -0.05) is 30.0 Å². The van der Waals surface area contributed by atoms with Crippen molar-refractivity contribution in [2.45, 2.75) is 12.3 Å². The lowest BCUT2D eigenvalue weighted by molar-refractivity contribution is -0.141. The number of rotatable bonds is 3. The number of benzene rings is 2. The first kappa shape index (κ1) is 15.1. The average molecular weight is 309 g/mol. The molecule has 1 fully saturated rings. The number of nitrogens with one attached hydrogen (secondary N) is 3. The lowest BCUT2D eigenvalue weighted by atomic mass is 10.2. The Kier molecular flexibility index (Phi) is 4.54. The average Bonchev–Trinajstić information content (AvgIpc) is 3.04. The first-order valence-corrected chi connectivity index (χ1v) is 7.05. The van der Waals surface area contributed by atoms with E-state index in [1.807, 2.05) is 42.5 Å². The minimum Gasteiger partial charge on any atom is -0.480 e. The number of carboxylic acids is 1. The Hall–Kier alpha value is -2.85. The molecule has 1 aliphatic rings. The topological polar surface area (TPSA) is 82.6 Å². The Bertz CT molecular complexity index is 735. The molecule has 1 heterocycles. The maximum Gasteiger partial charge on any atom is 0.327 e. The molecule has 4 N–H and O–H groups in total. The minimum absolute atomic E-state index is 0.560. The monoisotopic (exact) mass is 309 g/mol. The number of hydrogen-bond donors (Lipinski definition) is 4. The minimum atomic E-state index is -1.00. The summed E-state index contributed by atoms with van der Waals surface area (Å²) in [7, 11) is 0. The van der Waals surface area contributed by atoms with E-state index in [9.17, 15) is 4.79 Å². The predicted molar refractivity (Wildman–Crippen MR) is 84.1 cm³/mol. The smallest absolute Gasteiger partial charge is 0.327 e. The Morgan fingerprint density at radius 1 is 0.957 bits per heavy atom. The molecule has 23 heavy (non-hydrogen) atoms. The summed E-state index contributed by atoms with van der Waals surface area (Å²) in [5.41, 5.74) is 9.62. The highest BCUT2D eigenvalue weighted by molar-refractivity contribution is 5.74. The van der Waals surface area contributed by atoms with Gasteiger partial charge in [-0.15, -0.1) is 0 Å². The maximum absolute atomic E-state index is 11.0. The molecule has 1 aliphatic heterocycles. The molecule has 0 bridgehead atoms. The molecular formula is C17H15N3O3. The van der Waals surface area contributed by atoms with Gasteiger partial charge in [-0.25, -0.2) is 10.9 Å². The van der Waals surface area contributed by atoms with Crippen LogP contribution in [-0.2, 0) is 4.79 Å². The summed E-state index contributed by atoms with van der Waals surface area (Å²) in [6, 6.07) is 16.0. The third-order valence-electron chi connectivity index (χ3n) is 3.25. The van der Waals surface area contributed by atoms with Crippen molar-refractivity contribution >= 4 is 5.97 Å². The molecule has 116 valence electrons. The molecule has 0 radical (unpaired) electrons. The quantitative estimate of drug-likeness (QED) is 0.630. The molecule has 2 aromatic carbocycles. The van der Waals surface area contributed by atoms with Gasteiger partial charge < -0.3 is 9.84 Å². The van der Waals surface area contributed by atoms with Gasteiger partial charge in [-0.2, -0.15) is 5.53 Å². The van der Waals surface area contributed by atoms with Crippen molar-refractivity contribution < 1.29 is 14.6 Å². The SMILES string of the molecule is O=C(O)C1NNNC1Oc1ccc(C#Cc2ccccc2)cc1. The van der Waals surface area contributed by atoms with Crippen LogP contribution < -0.4 is 21.1 Å². The van der Waals surface area contributed by atoms with Crippen LogP contribution >= 0.6 is 0 Å². The van der Waals surface area contributed by atoms with Crippen molar-refractivity contribution in [1.82, 2.24) is 16.4 Å². The number of ether oxygens (including phenoxy) is 1. The Balaban J connectivity index is 1.66. The number of carbonyl (C=O) groups is 1. The van der Waals surface area contributed by atoms with Gasteiger partial charge in [0, 0.05) is 11.1 Å². The van der Waals surface area contributed by atoms with E-state index in [-0.39, 0.29) is 0 Å². The van der Waals surface area contributed by atoms with Crippen molar-refractivity contribution in [2.24, 2.45) is 0 Å². The summed E-state index contributed by atoms with van der Waals surface area (Å²) in [5.74, 6) is 5.70. The van der Waals surface area contributed by atoms with E-state index in [1.165, 1.54) is 0 Å². The van der Waals surface area contributed by atoms with Crippen LogP contribution in [0.1, 0.15) is 11.1 Å². The fourth-order valence-electron chi connectivity index (χ4n) is 2.07. The molecule has 6 nitrogen and oxygen atoms in total. The summed E-state index contributed by atoms with van der Waals surface area (Å²) >= 11 is 0. The molecule has 0 saturated carbocycles. The lowest BCUT2D eigenvalue weighted by Crippen LogP contribution is -2.44. The first-order valence-electron chi connectivity index (χ1n) is 7.05. The third-order valence-corrected chi connectivity index (χ3v) is 3.25. The molecule has 0 aliphatic carbocycles. The van der Waals surface area contributed by atoms with Gasteiger partial charge in [0.05, 0.1) is 0 Å². The van der Waals surface area contributed by atoms with Crippen LogP contribution in [0, 0.1) is 11.8 Å². The summed E-state index contributed by atoms with van der Waals surface area (Å²) in [4.78, 5) is 11.0. The molecule has 0 aromatic heterocycles. The molecule has 0 amide bonds. The molecule has 2 aromatic rings. The van der Waals surface area contributed by atoms with Crippen molar-refractivity contribution in [2.75, 3.05) is 0 Å². The zero-order chi connectivity index (χ0) is 16.1. The fourth-order valence-corrected chi connectivity index (χ4v) is 2.07. The van der Waals surface area contributed by atoms with Crippen LogP contribution in [0.3, 0.4) is 0 Å². The number of hydrogen-bond acceptors (Lipinski definition) is 5. The lowest BCUT2D eigenvalue weighted by Gasteiger charge is -2.16. The van der Waals surface area contributed by atoms with E-state index >= 15 is 0 Å². The van der Waals surface area contributed by atoms with E-state index < -0.39 is 18.2 Å². The van der Waals surface area contributed by atoms with Gasteiger partial charge in [0.1, 0.15) is 5.75 Å². The standard InChI is InChI=1S/C17H15N3O3/c21-17(22)15-16(19-20-18-15)23-14-10-8-13(9-11-14)7-6-12-4-2-1-3-5-12/h1-5,8-11,15-16,18-20H,(H,21,22). The van der Waals surface area contributed by atoms with E-state index in [0.29, 0.717) is 5.75 Å². The molecular weight excluding hydrogens is 294 g/mol. The molecule has 2 atom stereocenters. The highest BCUT2D eigenvalue weighted by atomic mass is 16.5. The van der Waals surface area contributed by atoms with E-state index in [2.05, 4.69) is 28.2 Å². The van der Waals surface area contributed by atoms with E-state index in [4.69, 9.17) is 9.84 Å². The van der Waals surface area contributed by atoms with Crippen LogP contribution in [0.15, 0.2) is 54.6 Å². The molecule has 2 unspecified atom stereocenters. The second-order valence-corrected chi connectivity index (χ2v) is 4.91. The van der Waals surface area contributed by atoms with Crippen LogP contribution in [0.4, 0.5) is 0 Å². The van der Waals surface area contributed by atoms with E-state index in [0.717, 1.165) is 11.1 Å². The summed E-state index contributed by atoms with van der Waals surface area (Å²) < 4.78 is 5.60. The number of hydrazine groups is 2. The van der Waals surface area contributed by atoms with Crippen LogP contribution in [0.25, 0.3) is 0 Å². The molecule has 1 saturated heterocycles. The number of aliphatic carboxylic acids is 1. The third kappa shape index (κ3) is 3.87. The van der Waals surface area contributed by atoms with Crippen molar-refractivity contribution in [1.29, 1.82) is 0 Å². The Morgan fingerprint density at radius 3 is 2.26 bits per heavy atom. The molecule has 6 heteroatoms. The second kappa shape index (κ2) is 6.94. The second-order valence-electron chi connectivity index (χ2n) is 4.91. The fraction of sp³-hybridized carbons (Fsp3) is 0.118. The largest absolute Gasteiger partial charge is 0.480 e. The van der Waals surface area contributed by atoms with Gasteiger partial charge in [-0.05, 0) is 36.4 Å². The van der Waals surface area contributed by atoms with Crippen LogP contribution in [0.5, 0.6) is 5.75 Å². The summed E-state index contributed by atoms with van der Waals surface area (Å²) in [5, 5.41) is 9.04. The van der Waals surface area contributed by atoms with Gasteiger partial charge in [0.25, 0.3) is 0 Å². The predicted octanol–water partition coefficient (Wildman–Crippen LogP) is 0.857. The van der Waals surface area contributed by atoms with Crippen LogP contribution in [-0.4, -0.2) is 23.3 Å². The highest BCUT2D eigenvalue weighted by Crippen LogP contribution is 2.15. The maximum atomic E-state index is 11.0. The summed E-state index contributed by atoms with van der Waals surface area (Å²) in [6.45, 7) is 0. The van der Waals surface area contributed by atoms with Crippen molar-refractivity contribution in [3.63, 3.8) is 0 Å². The first-order chi connectivity index (χ1) is 11.2. The highest BCUT2D eigenvalue weighted by Gasteiger charge is 2.34. The molecule has 3 rings (SSSR count). The van der Waals surface area contributed by atoms with Gasteiger partial charge in [-0.3, -0.25) is 4.79 Å². The van der Waals surface area contributed by atoms with Crippen molar-refractivity contribution in [3.05, 3.63) is 65.7 Å². The van der Waals surface area contributed by atoms with Gasteiger partial charge >= 0.3 is 5.97 Å². The molecule has 0 spiro atoms. The number of carboxylic acid groups (broad SMARTS) is 1.